The molecular formula is C24H29N3O3S. The molecule has 3 aliphatic rings. The number of amides is 2. The topological polar surface area (TPSA) is 65.8 Å². The van der Waals surface area contributed by atoms with Gasteiger partial charge in [0.15, 0.2) is 5.76 Å². The van der Waals surface area contributed by atoms with Crippen LogP contribution in [0, 0.1) is 0 Å². The van der Waals surface area contributed by atoms with Crippen LogP contribution in [0.15, 0.2) is 41.0 Å². The predicted molar refractivity (Wildman–Crippen MR) is 122 cm³/mol. The first kappa shape index (κ1) is 20.6. The van der Waals surface area contributed by atoms with Gasteiger partial charge in [-0.3, -0.25) is 14.5 Å². The van der Waals surface area contributed by atoms with E-state index in [1.165, 1.54) is 24.3 Å². The number of rotatable bonds is 6. The Labute approximate surface area is 187 Å². The van der Waals surface area contributed by atoms with Gasteiger partial charge in [0, 0.05) is 47.9 Å². The number of hydrogen-bond donors (Lipinski definition) is 1. The van der Waals surface area contributed by atoms with E-state index < -0.39 is 0 Å². The minimum atomic E-state index is -0.183. The summed E-state index contributed by atoms with van der Waals surface area (Å²) in [6, 6.07) is 9.63. The molecule has 5 rings (SSSR count). The molecule has 1 aromatic carbocycles. The smallest absolute Gasteiger partial charge is 0.287 e. The third-order valence-electron chi connectivity index (χ3n) is 7.00. The van der Waals surface area contributed by atoms with Crippen molar-refractivity contribution in [2.45, 2.75) is 44.2 Å². The summed E-state index contributed by atoms with van der Waals surface area (Å²) in [4.78, 5) is 30.0. The van der Waals surface area contributed by atoms with Gasteiger partial charge in [-0.05, 0) is 30.5 Å². The molecule has 1 saturated heterocycles. The average molecular weight is 440 g/mol. The average Bonchev–Trinajstić information content (AvgIpc) is 3.53. The second-order valence-corrected chi connectivity index (χ2v) is 10.00. The number of thioether (sulfide) groups is 1. The Balaban J connectivity index is 1.28. The Bertz CT molecular complexity index is 960. The molecule has 3 heterocycles. The third-order valence-corrected chi connectivity index (χ3v) is 7.94. The number of hydrogen-bond acceptors (Lipinski definition) is 5. The van der Waals surface area contributed by atoms with Crippen LogP contribution in [0.5, 0.6) is 0 Å². The second kappa shape index (κ2) is 8.71. The summed E-state index contributed by atoms with van der Waals surface area (Å²) >= 11 is 2.01. The van der Waals surface area contributed by atoms with Gasteiger partial charge in [-0.1, -0.05) is 31.0 Å². The van der Waals surface area contributed by atoms with Crippen LogP contribution in [-0.2, 0) is 17.8 Å². The maximum absolute atomic E-state index is 13.1. The molecule has 0 atom stereocenters. The van der Waals surface area contributed by atoms with Crippen molar-refractivity contribution in [2.24, 2.45) is 0 Å². The highest BCUT2D eigenvalue weighted by atomic mass is 32.2. The highest BCUT2D eigenvalue weighted by Crippen LogP contribution is 2.36. The Morgan fingerprint density at radius 3 is 2.71 bits per heavy atom. The van der Waals surface area contributed by atoms with Gasteiger partial charge in [0.25, 0.3) is 5.91 Å². The van der Waals surface area contributed by atoms with Crippen molar-refractivity contribution in [3.63, 3.8) is 0 Å². The van der Waals surface area contributed by atoms with Crippen LogP contribution in [0.25, 0.3) is 0 Å². The molecule has 0 unspecified atom stereocenters. The molecular weight excluding hydrogens is 410 g/mol. The molecule has 1 aliphatic carbocycles. The van der Waals surface area contributed by atoms with Crippen molar-refractivity contribution in [1.29, 1.82) is 0 Å². The lowest BCUT2D eigenvalue weighted by Crippen LogP contribution is -2.56. The van der Waals surface area contributed by atoms with Gasteiger partial charge in [-0.25, -0.2) is 0 Å². The number of benzene rings is 1. The molecule has 1 N–H and O–H groups in total. The summed E-state index contributed by atoms with van der Waals surface area (Å²) in [6.45, 7) is 3.21. The fourth-order valence-electron chi connectivity index (χ4n) is 5.32. The van der Waals surface area contributed by atoms with Crippen LogP contribution in [0.4, 0.5) is 5.69 Å². The highest BCUT2D eigenvalue weighted by molar-refractivity contribution is 7.99. The zero-order valence-electron chi connectivity index (χ0n) is 17.8. The van der Waals surface area contributed by atoms with E-state index >= 15 is 0 Å². The molecule has 2 amide bonds. The number of anilines is 1. The van der Waals surface area contributed by atoms with E-state index in [1.807, 2.05) is 36.0 Å². The SMILES string of the molecule is O=C(NCC1(N2CCSCC2)CCCC1)c1occc1CN1C(=O)Cc2ccccc21. The largest absolute Gasteiger partial charge is 0.459 e. The molecule has 1 aromatic heterocycles. The van der Waals surface area contributed by atoms with Gasteiger partial charge in [-0.2, -0.15) is 11.8 Å². The Morgan fingerprint density at radius 2 is 1.90 bits per heavy atom. The zero-order chi connectivity index (χ0) is 21.3. The summed E-state index contributed by atoms with van der Waals surface area (Å²) < 4.78 is 5.59. The molecule has 2 aliphatic heterocycles. The van der Waals surface area contributed by atoms with Crippen LogP contribution >= 0.6 is 11.8 Å². The number of carbonyl (C=O) groups is 2. The number of furan rings is 1. The second-order valence-electron chi connectivity index (χ2n) is 8.77. The lowest BCUT2D eigenvalue weighted by molar-refractivity contribution is -0.117. The van der Waals surface area contributed by atoms with Crippen molar-refractivity contribution in [3.05, 3.63) is 53.5 Å². The molecule has 2 fully saturated rings. The molecule has 164 valence electrons. The monoisotopic (exact) mass is 439 g/mol. The molecule has 1 saturated carbocycles. The van der Waals surface area contributed by atoms with Crippen molar-refractivity contribution in [1.82, 2.24) is 10.2 Å². The summed E-state index contributed by atoms with van der Waals surface area (Å²) in [5, 5.41) is 3.18. The molecule has 6 nitrogen and oxygen atoms in total. The quantitative estimate of drug-likeness (QED) is 0.747. The van der Waals surface area contributed by atoms with Gasteiger partial charge in [0.05, 0.1) is 19.2 Å². The van der Waals surface area contributed by atoms with Crippen LogP contribution in [0.3, 0.4) is 0 Å². The Morgan fingerprint density at radius 1 is 1.13 bits per heavy atom. The van der Waals surface area contributed by atoms with Crippen LogP contribution in [0.2, 0.25) is 0 Å². The third kappa shape index (κ3) is 4.01. The Hall–Kier alpha value is -2.25. The van der Waals surface area contributed by atoms with E-state index in [0.29, 0.717) is 25.3 Å². The van der Waals surface area contributed by atoms with E-state index in [4.69, 9.17) is 4.42 Å². The van der Waals surface area contributed by atoms with Gasteiger partial charge >= 0.3 is 0 Å². The number of para-hydroxylation sites is 1. The molecule has 2 aromatic rings. The number of nitrogens with one attached hydrogen (secondary N) is 1. The number of fused-ring (bicyclic) bond motifs is 1. The molecule has 0 radical (unpaired) electrons. The normalized spacial score (nSPS) is 20.8. The Kier molecular flexibility index (Phi) is 5.80. The number of carbonyl (C=O) groups excluding carboxylic acids is 2. The summed E-state index contributed by atoms with van der Waals surface area (Å²) in [5.41, 5.74) is 2.78. The fraction of sp³-hybridized carbons (Fsp3) is 0.500. The van der Waals surface area contributed by atoms with Gasteiger partial charge in [0.2, 0.25) is 5.91 Å². The predicted octanol–water partition coefficient (Wildman–Crippen LogP) is 3.46. The molecule has 0 bridgehead atoms. The van der Waals surface area contributed by atoms with Crippen molar-refractivity contribution in [3.8, 4) is 0 Å². The highest BCUT2D eigenvalue weighted by Gasteiger charge is 2.40. The van der Waals surface area contributed by atoms with Gasteiger partial charge in [-0.15, -0.1) is 0 Å². The minimum absolute atomic E-state index is 0.0571. The molecule has 0 spiro atoms. The van der Waals surface area contributed by atoms with Gasteiger partial charge in [0.1, 0.15) is 0 Å². The molecule has 7 heteroatoms. The molecule has 31 heavy (non-hydrogen) atoms. The van der Waals surface area contributed by atoms with Crippen molar-refractivity contribution in [2.75, 3.05) is 36.0 Å². The first-order valence-electron chi connectivity index (χ1n) is 11.2. The number of nitrogens with zero attached hydrogens (tertiary/aromatic N) is 2. The lowest BCUT2D eigenvalue weighted by atomic mass is 9.94. The van der Waals surface area contributed by atoms with E-state index in [2.05, 4.69) is 10.2 Å². The standard InChI is InChI=1S/C24H29N3O3S/c28-21-15-18-5-1-2-6-20(18)27(21)16-19-7-12-30-22(19)23(29)25-17-24(8-3-4-9-24)26-10-13-31-14-11-26/h1-2,5-7,12H,3-4,8-11,13-17H2,(H,25,29). The maximum atomic E-state index is 13.1. The van der Waals surface area contributed by atoms with Crippen molar-refractivity contribution >= 4 is 29.3 Å². The van der Waals surface area contributed by atoms with Gasteiger partial charge < -0.3 is 14.6 Å². The van der Waals surface area contributed by atoms with E-state index in [-0.39, 0.29) is 17.4 Å². The zero-order valence-corrected chi connectivity index (χ0v) is 18.6. The lowest BCUT2D eigenvalue weighted by Gasteiger charge is -2.43. The van der Waals surface area contributed by atoms with E-state index in [0.717, 1.165) is 42.7 Å². The minimum Gasteiger partial charge on any atom is -0.459 e. The van der Waals surface area contributed by atoms with Crippen molar-refractivity contribution < 1.29 is 14.0 Å². The summed E-state index contributed by atoms with van der Waals surface area (Å²) in [6.07, 6.45) is 6.68. The summed E-state index contributed by atoms with van der Waals surface area (Å²) in [7, 11) is 0. The van der Waals surface area contributed by atoms with E-state index in [1.54, 1.807) is 17.2 Å². The van der Waals surface area contributed by atoms with Crippen LogP contribution in [-0.4, -0.2) is 53.4 Å². The first-order chi connectivity index (χ1) is 15.2. The van der Waals surface area contributed by atoms with Crippen LogP contribution < -0.4 is 10.2 Å². The fourth-order valence-corrected chi connectivity index (χ4v) is 6.22. The maximum Gasteiger partial charge on any atom is 0.287 e. The summed E-state index contributed by atoms with van der Waals surface area (Å²) in [5.74, 6) is 2.53. The first-order valence-corrected chi connectivity index (χ1v) is 12.4. The van der Waals surface area contributed by atoms with Crippen LogP contribution in [0.1, 0.15) is 47.4 Å². The van der Waals surface area contributed by atoms with E-state index in [9.17, 15) is 9.59 Å².